The van der Waals surface area contributed by atoms with E-state index in [1.165, 1.54) is 0 Å². The zero-order valence-corrected chi connectivity index (χ0v) is 8.78. The number of furan rings is 1. The van der Waals surface area contributed by atoms with E-state index >= 15 is 0 Å². The summed E-state index contributed by atoms with van der Waals surface area (Å²) in [6.07, 6.45) is 3.28. The smallest absolute Gasteiger partial charge is 0.218 e. The lowest BCUT2D eigenvalue weighted by Gasteiger charge is -2.06. The van der Waals surface area contributed by atoms with Gasteiger partial charge in [0.15, 0.2) is 0 Å². The second-order valence-electron chi connectivity index (χ2n) is 2.97. The van der Waals surface area contributed by atoms with Crippen LogP contribution < -0.4 is 4.74 Å². The molecule has 0 unspecified atom stereocenters. The molecule has 0 saturated carbocycles. The average Bonchev–Trinajstić information content (AvgIpc) is 2.79. The number of halogens is 1. The lowest BCUT2D eigenvalue weighted by atomic mass is 10.3. The topological polar surface area (TPSA) is 35.3 Å². The van der Waals surface area contributed by atoms with Crippen LogP contribution in [0.25, 0.3) is 0 Å². The summed E-state index contributed by atoms with van der Waals surface area (Å²) >= 11 is 5.75. The Balaban J connectivity index is 2.04. The predicted molar refractivity (Wildman–Crippen MR) is 56.8 cm³/mol. The van der Waals surface area contributed by atoms with Crippen LogP contribution in [0.4, 0.5) is 0 Å². The summed E-state index contributed by atoms with van der Waals surface area (Å²) in [4.78, 5) is 4.10. The van der Waals surface area contributed by atoms with Gasteiger partial charge in [-0.15, -0.1) is 11.6 Å². The van der Waals surface area contributed by atoms with E-state index in [0.29, 0.717) is 18.4 Å². The van der Waals surface area contributed by atoms with Crippen molar-refractivity contribution in [3.05, 3.63) is 48.0 Å². The highest BCUT2D eigenvalue weighted by atomic mass is 35.5. The van der Waals surface area contributed by atoms with E-state index in [1.54, 1.807) is 12.5 Å². The van der Waals surface area contributed by atoms with Crippen molar-refractivity contribution in [2.24, 2.45) is 0 Å². The first-order chi connectivity index (χ1) is 7.40. The number of pyridine rings is 1. The quantitative estimate of drug-likeness (QED) is 0.748. The molecule has 0 aliphatic heterocycles. The van der Waals surface area contributed by atoms with Crippen molar-refractivity contribution in [1.82, 2.24) is 4.98 Å². The predicted octanol–water partition coefficient (Wildman–Crippen LogP) is 2.99. The number of aromatic nitrogens is 1. The Kier molecular flexibility index (Phi) is 3.25. The molecular formula is C11H10ClNO2. The summed E-state index contributed by atoms with van der Waals surface area (Å²) in [6, 6.07) is 7.39. The van der Waals surface area contributed by atoms with Crippen LogP contribution in [0.5, 0.6) is 5.88 Å². The molecule has 0 N–H and O–H groups in total. The van der Waals surface area contributed by atoms with Crippen LogP contribution in [0.1, 0.15) is 11.3 Å². The molecule has 2 heterocycles. The molecule has 0 bridgehead atoms. The second kappa shape index (κ2) is 4.84. The summed E-state index contributed by atoms with van der Waals surface area (Å²) < 4.78 is 10.6. The standard InChI is InChI=1S/C11H10ClNO2/c12-7-9-3-1-5-13-11(9)15-8-10-4-2-6-14-10/h1-6H,7-8H2. The molecule has 3 nitrogen and oxygen atoms in total. The Labute approximate surface area is 92.6 Å². The summed E-state index contributed by atoms with van der Waals surface area (Å²) in [5.41, 5.74) is 0.880. The van der Waals surface area contributed by atoms with Crippen molar-refractivity contribution in [1.29, 1.82) is 0 Å². The normalized spacial score (nSPS) is 10.2. The Bertz CT molecular complexity index is 414. The maximum Gasteiger partial charge on any atom is 0.218 e. The molecule has 2 rings (SSSR count). The van der Waals surface area contributed by atoms with E-state index in [0.717, 1.165) is 11.3 Å². The van der Waals surface area contributed by atoms with Gasteiger partial charge in [-0.05, 0) is 18.2 Å². The van der Waals surface area contributed by atoms with Crippen molar-refractivity contribution in [3.8, 4) is 5.88 Å². The Morgan fingerprint density at radius 2 is 2.27 bits per heavy atom. The molecule has 0 amide bonds. The Hall–Kier alpha value is -1.48. The highest BCUT2D eigenvalue weighted by molar-refractivity contribution is 6.17. The van der Waals surface area contributed by atoms with Crippen LogP contribution in [0.2, 0.25) is 0 Å². The third-order valence-electron chi connectivity index (χ3n) is 1.93. The molecule has 0 spiro atoms. The van der Waals surface area contributed by atoms with Gasteiger partial charge >= 0.3 is 0 Å². The minimum atomic E-state index is 0.369. The summed E-state index contributed by atoms with van der Waals surface area (Å²) in [6.45, 7) is 0.369. The molecule has 15 heavy (non-hydrogen) atoms. The molecule has 0 radical (unpaired) electrons. The van der Waals surface area contributed by atoms with Gasteiger partial charge in [-0.25, -0.2) is 4.98 Å². The van der Waals surface area contributed by atoms with Gasteiger partial charge in [-0.2, -0.15) is 0 Å². The van der Waals surface area contributed by atoms with Crippen molar-refractivity contribution in [2.45, 2.75) is 12.5 Å². The van der Waals surface area contributed by atoms with Gasteiger partial charge in [0.2, 0.25) is 5.88 Å². The van der Waals surface area contributed by atoms with Gasteiger partial charge in [0, 0.05) is 11.8 Å². The van der Waals surface area contributed by atoms with E-state index in [9.17, 15) is 0 Å². The van der Waals surface area contributed by atoms with Crippen LogP contribution >= 0.6 is 11.6 Å². The van der Waals surface area contributed by atoms with E-state index in [4.69, 9.17) is 20.8 Å². The van der Waals surface area contributed by atoms with Crippen LogP contribution in [-0.4, -0.2) is 4.98 Å². The SMILES string of the molecule is ClCc1cccnc1OCc1ccco1. The minimum absolute atomic E-state index is 0.369. The van der Waals surface area contributed by atoms with Crippen molar-refractivity contribution < 1.29 is 9.15 Å². The number of ether oxygens (including phenoxy) is 1. The van der Waals surface area contributed by atoms with Crippen LogP contribution in [0, 0.1) is 0 Å². The fourth-order valence-corrected chi connectivity index (χ4v) is 1.39. The highest BCUT2D eigenvalue weighted by Gasteiger charge is 2.04. The van der Waals surface area contributed by atoms with Gasteiger partial charge in [0.05, 0.1) is 12.1 Å². The molecule has 2 aromatic heterocycles. The van der Waals surface area contributed by atoms with E-state index < -0.39 is 0 Å². The fraction of sp³-hybridized carbons (Fsp3) is 0.182. The van der Waals surface area contributed by atoms with Crippen molar-refractivity contribution >= 4 is 11.6 Å². The third-order valence-corrected chi connectivity index (χ3v) is 2.21. The molecule has 0 fully saturated rings. The average molecular weight is 224 g/mol. The van der Waals surface area contributed by atoms with E-state index in [1.807, 2.05) is 24.3 Å². The first kappa shape index (κ1) is 10.1. The molecule has 78 valence electrons. The molecule has 4 heteroatoms. The molecule has 0 aromatic carbocycles. The third kappa shape index (κ3) is 2.50. The summed E-state index contributed by atoms with van der Waals surface area (Å²) in [5.74, 6) is 1.71. The van der Waals surface area contributed by atoms with Crippen LogP contribution in [0.3, 0.4) is 0 Å². The molecule has 0 atom stereocenters. The Morgan fingerprint density at radius 1 is 1.33 bits per heavy atom. The molecule has 0 aliphatic rings. The molecule has 0 saturated heterocycles. The first-order valence-electron chi connectivity index (χ1n) is 4.55. The van der Waals surface area contributed by atoms with Gasteiger partial charge in [0.1, 0.15) is 12.4 Å². The zero-order chi connectivity index (χ0) is 10.5. The van der Waals surface area contributed by atoms with Crippen molar-refractivity contribution in [3.63, 3.8) is 0 Å². The number of alkyl halides is 1. The zero-order valence-electron chi connectivity index (χ0n) is 8.02. The van der Waals surface area contributed by atoms with E-state index in [-0.39, 0.29) is 0 Å². The lowest BCUT2D eigenvalue weighted by molar-refractivity contribution is 0.258. The number of hydrogen-bond donors (Lipinski definition) is 0. The van der Waals surface area contributed by atoms with Gasteiger partial charge in [0.25, 0.3) is 0 Å². The number of hydrogen-bond acceptors (Lipinski definition) is 3. The van der Waals surface area contributed by atoms with Crippen molar-refractivity contribution in [2.75, 3.05) is 0 Å². The van der Waals surface area contributed by atoms with Crippen LogP contribution in [0.15, 0.2) is 41.1 Å². The first-order valence-corrected chi connectivity index (χ1v) is 5.08. The second-order valence-corrected chi connectivity index (χ2v) is 3.24. The monoisotopic (exact) mass is 223 g/mol. The maximum absolute atomic E-state index is 5.75. The highest BCUT2D eigenvalue weighted by Crippen LogP contribution is 2.17. The summed E-state index contributed by atoms with van der Waals surface area (Å²) in [7, 11) is 0. The van der Waals surface area contributed by atoms with Crippen LogP contribution in [-0.2, 0) is 12.5 Å². The largest absolute Gasteiger partial charge is 0.469 e. The summed E-state index contributed by atoms with van der Waals surface area (Å²) in [5, 5.41) is 0. The molecule has 2 aromatic rings. The maximum atomic E-state index is 5.75. The van der Waals surface area contributed by atoms with Gasteiger partial charge in [-0.3, -0.25) is 0 Å². The van der Waals surface area contributed by atoms with E-state index in [2.05, 4.69) is 4.98 Å². The fourth-order valence-electron chi connectivity index (χ4n) is 1.19. The molecular weight excluding hydrogens is 214 g/mol. The molecule has 0 aliphatic carbocycles. The number of rotatable bonds is 4. The Morgan fingerprint density at radius 3 is 3.00 bits per heavy atom. The minimum Gasteiger partial charge on any atom is -0.469 e. The van der Waals surface area contributed by atoms with Gasteiger partial charge < -0.3 is 9.15 Å². The number of nitrogens with zero attached hydrogens (tertiary/aromatic N) is 1. The van der Waals surface area contributed by atoms with Gasteiger partial charge in [-0.1, -0.05) is 6.07 Å². The lowest BCUT2D eigenvalue weighted by Crippen LogP contribution is -1.98.